The predicted octanol–water partition coefficient (Wildman–Crippen LogP) is 3.02. The van der Waals surface area contributed by atoms with Gasteiger partial charge in [0.25, 0.3) is 0 Å². The summed E-state index contributed by atoms with van der Waals surface area (Å²) in [5.74, 6) is 0.416. The molecule has 1 aromatic heterocycles. The number of hydrogen-bond acceptors (Lipinski definition) is 6. The van der Waals surface area contributed by atoms with Gasteiger partial charge < -0.3 is 10.8 Å². The zero-order chi connectivity index (χ0) is 19.3. The lowest BCUT2D eigenvalue weighted by Crippen LogP contribution is -2.54. The van der Waals surface area contributed by atoms with E-state index in [2.05, 4.69) is 6.07 Å². The first-order chi connectivity index (χ1) is 12.8. The first-order valence-corrected chi connectivity index (χ1v) is 9.68. The highest BCUT2D eigenvalue weighted by atomic mass is 32.1. The van der Waals surface area contributed by atoms with Crippen molar-refractivity contribution in [1.82, 2.24) is 4.90 Å². The minimum atomic E-state index is -0.702. The van der Waals surface area contributed by atoms with E-state index in [1.54, 1.807) is 19.2 Å². The number of nitriles is 1. The van der Waals surface area contributed by atoms with E-state index in [-0.39, 0.29) is 23.5 Å². The van der Waals surface area contributed by atoms with Crippen molar-refractivity contribution >= 4 is 23.2 Å². The quantitative estimate of drug-likeness (QED) is 0.854. The van der Waals surface area contributed by atoms with Crippen molar-refractivity contribution in [1.29, 1.82) is 5.26 Å². The molecule has 3 N–H and O–H groups in total. The van der Waals surface area contributed by atoms with Gasteiger partial charge in [-0.2, -0.15) is 5.26 Å². The second-order valence-corrected chi connectivity index (χ2v) is 8.32. The Bertz CT molecular complexity index is 1000. The Hall–Kier alpha value is -2.85. The van der Waals surface area contributed by atoms with Crippen molar-refractivity contribution in [3.05, 3.63) is 40.1 Å². The minimum Gasteiger partial charge on any atom is -0.508 e. The number of carbonyl (C=O) groups is 1. The van der Waals surface area contributed by atoms with Crippen LogP contribution in [0.5, 0.6) is 5.75 Å². The smallest absolute Gasteiger partial charge is 0.235 e. The number of nitrogens with two attached hydrogens (primary N) is 1. The number of thiophene rings is 1. The van der Waals surface area contributed by atoms with E-state index in [0.29, 0.717) is 11.5 Å². The van der Waals surface area contributed by atoms with E-state index in [0.717, 1.165) is 28.8 Å². The van der Waals surface area contributed by atoms with Crippen LogP contribution in [0.4, 0.5) is 0 Å². The summed E-state index contributed by atoms with van der Waals surface area (Å²) >= 11 is 1.53. The van der Waals surface area contributed by atoms with Gasteiger partial charge in [0.05, 0.1) is 17.6 Å². The molecule has 1 aromatic carbocycles. The molecule has 2 aromatic rings. The highest BCUT2D eigenvalue weighted by Crippen LogP contribution is 2.51. The Labute approximate surface area is 161 Å². The number of benzene rings is 1. The van der Waals surface area contributed by atoms with Gasteiger partial charge in [0, 0.05) is 11.9 Å². The molecule has 1 saturated carbocycles. The van der Waals surface area contributed by atoms with Crippen LogP contribution >= 0.6 is 11.3 Å². The molecule has 0 saturated heterocycles. The molecule has 4 rings (SSSR count). The van der Waals surface area contributed by atoms with Crippen LogP contribution in [-0.4, -0.2) is 28.9 Å². The van der Waals surface area contributed by atoms with Crippen molar-refractivity contribution < 1.29 is 9.90 Å². The molecule has 2 heterocycles. The lowest BCUT2D eigenvalue weighted by atomic mass is 9.79. The lowest BCUT2D eigenvalue weighted by Gasteiger charge is -2.40. The predicted molar refractivity (Wildman–Crippen MR) is 104 cm³/mol. The molecule has 1 aliphatic carbocycles. The van der Waals surface area contributed by atoms with Crippen LogP contribution in [0.2, 0.25) is 0 Å². The Morgan fingerprint density at radius 3 is 2.74 bits per heavy atom. The van der Waals surface area contributed by atoms with E-state index in [9.17, 15) is 9.90 Å². The molecule has 1 fully saturated rings. The Morgan fingerprint density at radius 2 is 2.07 bits per heavy atom. The number of aromatic hydroxyl groups is 1. The van der Waals surface area contributed by atoms with Crippen molar-refractivity contribution in [3.63, 3.8) is 0 Å². The molecule has 2 aliphatic rings. The molecule has 7 heteroatoms. The number of amides is 1. The topological polar surface area (TPSA) is 103 Å². The Balaban J connectivity index is 1.79. The van der Waals surface area contributed by atoms with Crippen molar-refractivity contribution in [3.8, 4) is 22.9 Å². The van der Waals surface area contributed by atoms with Gasteiger partial charge in [0.15, 0.2) is 5.96 Å². The Kier molecular flexibility index (Phi) is 3.97. The van der Waals surface area contributed by atoms with Crippen LogP contribution in [-0.2, 0) is 10.3 Å². The highest BCUT2D eigenvalue weighted by Gasteiger charge is 2.53. The van der Waals surface area contributed by atoms with Crippen LogP contribution in [0.1, 0.15) is 30.2 Å². The number of carbonyl (C=O) groups excluding carboxylic acids is 1. The monoisotopic (exact) mass is 380 g/mol. The third-order valence-corrected chi connectivity index (χ3v) is 6.62. The fourth-order valence-electron chi connectivity index (χ4n) is 3.84. The first kappa shape index (κ1) is 17.6. The molecule has 0 bridgehead atoms. The zero-order valence-corrected chi connectivity index (χ0v) is 16.0. The van der Waals surface area contributed by atoms with Gasteiger partial charge in [-0.3, -0.25) is 9.69 Å². The molecule has 1 aliphatic heterocycles. The average molecular weight is 380 g/mol. The normalized spacial score (nSPS) is 25.2. The van der Waals surface area contributed by atoms with Gasteiger partial charge >= 0.3 is 0 Å². The van der Waals surface area contributed by atoms with Crippen LogP contribution in [0.15, 0.2) is 34.6 Å². The van der Waals surface area contributed by atoms with E-state index in [4.69, 9.17) is 16.0 Å². The maximum atomic E-state index is 12.9. The summed E-state index contributed by atoms with van der Waals surface area (Å²) in [5, 5.41) is 21.0. The fraction of sp³-hybridized carbons (Fsp3) is 0.350. The average Bonchev–Trinajstić information content (AvgIpc) is 3.32. The Morgan fingerprint density at radius 1 is 1.33 bits per heavy atom. The van der Waals surface area contributed by atoms with Gasteiger partial charge in [-0.05, 0) is 66.5 Å². The zero-order valence-electron chi connectivity index (χ0n) is 15.1. The summed E-state index contributed by atoms with van der Waals surface area (Å²) in [5.41, 5.74) is 7.38. The molecule has 0 radical (unpaired) electrons. The van der Waals surface area contributed by atoms with E-state index in [1.807, 2.05) is 18.4 Å². The van der Waals surface area contributed by atoms with Crippen molar-refractivity contribution in [2.75, 3.05) is 7.05 Å². The molecule has 2 atom stereocenters. The largest absolute Gasteiger partial charge is 0.508 e. The number of nitrogens with zero attached hydrogens (tertiary/aromatic N) is 3. The lowest BCUT2D eigenvalue weighted by molar-refractivity contribution is -0.134. The highest BCUT2D eigenvalue weighted by molar-refractivity contribution is 7.10. The third-order valence-electron chi connectivity index (χ3n) is 5.46. The summed E-state index contributed by atoms with van der Waals surface area (Å²) in [7, 11) is 1.67. The van der Waals surface area contributed by atoms with Crippen LogP contribution in [0.25, 0.3) is 11.1 Å². The molecule has 0 unspecified atom stereocenters. The van der Waals surface area contributed by atoms with Crippen molar-refractivity contribution in [2.24, 2.45) is 22.6 Å². The molecule has 6 nitrogen and oxygen atoms in total. The fourth-order valence-corrected chi connectivity index (χ4v) is 4.90. The second kappa shape index (κ2) is 6.10. The summed E-state index contributed by atoms with van der Waals surface area (Å²) < 4.78 is 0. The third kappa shape index (κ3) is 2.86. The number of hydrogen-bond donors (Lipinski definition) is 2. The van der Waals surface area contributed by atoms with Crippen LogP contribution < -0.4 is 5.73 Å². The van der Waals surface area contributed by atoms with Crippen LogP contribution in [0, 0.1) is 23.2 Å². The van der Waals surface area contributed by atoms with Gasteiger partial charge in [0.1, 0.15) is 11.3 Å². The van der Waals surface area contributed by atoms with Gasteiger partial charge in [-0.15, -0.1) is 11.3 Å². The summed E-state index contributed by atoms with van der Waals surface area (Å²) in [6.45, 7) is 1.98. The summed E-state index contributed by atoms with van der Waals surface area (Å²) in [4.78, 5) is 20.0. The molecule has 1 amide bonds. The molecular formula is C20H20N4O2S. The van der Waals surface area contributed by atoms with E-state index >= 15 is 0 Å². The van der Waals surface area contributed by atoms with Crippen LogP contribution in [0.3, 0.4) is 0 Å². The van der Waals surface area contributed by atoms with E-state index < -0.39 is 5.54 Å². The SMILES string of the molecule is CN1C(=O)[C@@H](C2CC2)[C@@](C)(c2cc(-c3cc(O)cc(C#N)c3)cs2)N=C1N. The number of aliphatic imine (C=N–C) groups is 1. The number of phenols is 1. The molecule has 138 valence electrons. The number of phenolic OH excluding ortho intramolecular Hbond substituents is 1. The second-order valence-electron chi connectivity index (χ2n) is 7.41. The van der Waals surface area contributed by atoms with E-state index in [1.165, 1.54) is 22.3 Å². The maximum Gasteiger partial charge on any atom is 0.235 e. The maximum absolute atomic E-state index is 12.9. The van der Waals surface area contributed by atoms with Gasteiger partial charge in [0.2, 0.25) is 5.91 Å². The van der Waals surface area contributed by atoms with Gasteiger partial charge in [-0.1, -0.05) is 0 Å². The standard InChI is InChI=1S/C20H20N4O2S/c1-20(17(12-3-4-12)18(26)24(2)19(22)23-20)16-8-14(10-27-16)13-5-11(9-21)6-15(25)7-13/h5-8,10,12,17,25H,3-4H2,1-2H3,(H2,22,23)/t17-,20-/m1/s1. The molecule has 0 spiro atoms. The number of rotatable bonds is 3. The molecular weight excluding hydrogens is 360 g/mol. The van der Waals surface area contributed by atoms with Crippen molar-refractivity contribution in [2.45, 2.75) is 25.3 Å². The number of guanidine groups is 1. The van der Waals surface area contributed by atoms with Gasteiger partial charge in [-0.25, -0.2) is 4.99 Å². The molecule has 27 heavy (non-hydrogen) atoms. The summed E-state index contributed by atoms with van der Waals surface area (Å²) in [6, 6.07) is 8.85. The first-order valence-electron chi connectivity index (χ1n) is 8.80. The summed E-state index contributed by atoms with van der Waals surface area (Å²) in [6.07, 6.45) is 2.07. The minimum absolute atomic E-state index is 0.0200.